The second-order valence-electron chi connectivity index (χ2n) is 5.43. The van der Waals surface area contributed by atoms with Crippen LogP contribution in [0.25, 0.3) is 33.1 Å². The molecule has 0 amide bonds. The smallest absolute Gasteiger partial charge is 0.201 e. The standard InChI is InChI=1S/C17H12N4O2/c1-2-4-12-11(3-1)15-16(21-20-12)19-13-6-5-10(9-14(13)18-15)17-22-7-8-23-17/h1-6,9,17H,7-8H2. The first-order valence-electron chi connectivity index (χ1n) is 7.44. The molecule has 2 aromatic carbocycles. The van der Waals surface area contributed by atoms with Crippen LogP contribution in [-0.4, -0.2) is 33.4 Å². The predicted octanol–water partition coefficient (Wildman–Crippen LogP) is 2.77. The number of rotatable bonds is 1. The van der Waals surface area contributed by atoms with Gasteiger partial charge < -0.3 is 9.47 Å². The van der Waals surface area contributed by atoms with Gasteiger partial charge in [-0.05, 0) is 18.2 Å². The summed E-state index contributed by atoms with van der Waals surface area (Å²) in [7, 11) is 0. The molecule has 1 saturated heterocycles. The average Bonchev–Trinajstić information content (AvgIpc) is 3.14. The Kier molecular flexibility index (Phi) is 2.73. The van der Waals surface area contributed by atoms with Gasteiger partial charge in [0.2, 0.25) is 5.65 Å². The zero-order valence-electron chi connectivity index (χ0n) is 12.1. The molecular weight excluding hydrogens is 292 g/mol. The molecule has 23 heavy (non-hydrogen) atoms. The predicted molar refractivity (Wildman–Crippen MR) is 84.8 cm³/mol. The monoisotopic (exact) mass is 304 g/mol. The van der Waals surface area contributed by atoms with Crippen molar-refractivity contribution in [1.82, 2.24) is 20.2 Å². The van der Waals surface area contributed by atoms with E-state index in [1.54, 1.807) is 0 Å². The fraction of sp³-hybridized carbons (Fsp3) is 0.176. The first kappa shape index (κ1) is 12.8. The molecule has 3 heterocycles. The molecule has 1 fully saturated rings. The van der Waals surface area contributed by atoms with Crippen molar-refractivity contribution in [3.63, 3.8) is 0 Å². The van der Waals surface area contributed by atoms with Crippen LogP contribution in [0.4, 0.5) is 0 Å². The van der Waals surface area contributed by atoms with E-state index >= 15 is 0 Å². The molecule has 0 saturated carbocycles. The van der Waals surface area contributed by atoms with Gasteiger partial charge in [-0.1, -0.05) is 24.3 Å². The average molecular weight is 304 g/mol. The van der Waals surface area contributed by atoms with Crippen LogP contribution in [0.2, 0.25) is 0 Å². The molecule has 4 aromatic rings. The zero-order valence-corrected chi connectivity index (χ0v) is 12.1. The maximum atomic E-state index is 5.55. The maximum Gasteiger partial charge on any atom is 0.201 e. The second-order valence-corrected chi connectivity index (χ2v) is 5.43. The van der Waals surface area contributed by atoms with E-state index in [1.807, 2.05) is 42.5 Å². The number of ether oxygens (including phenoxy) is 2. The highest BCUT2D eigenvalue weighted by Crippen LogP contribution is 2.27. The summed E-state index contributed by atoms with van der Waals surface area (Å²) >= 11 is 0. The third-order valence-corrected chi connectivity index (χ3v) is 3.98. The highest BCUT2D eigenvalue weighted by Gasteiger charge is 2.19. The normalized spacial score (nSPS) is 15.8. The zero-order chi connectivity index (χ0) is 15.2. The Bertz CT molecular complexity index is 1040. The molecule has 0 unspecified atom stereocenters. The Morgan fingerprint density at radius 2 is 1.70 bits per heavy atom. The summed E-state index contributed by atoms with van der Waals surface area (Å²) in [5, 5.41) is 9.34. The van der Waals surface area contributed by atoms with E-state index in [1.165, 1.54) is 0 Å². The van der Waals surface area contributed by atoms with Gasteiger partial charge in [0.05, 0.1) is 29.8 Å². The Labute approximate surface area is 131 Å². The van der Waals surface area contributed by atoms with Gasteiger partial charge in [-0.3, -0.25) is 0 Å². The lowest BCUT2D eigenvalue weighted by Gasteiger charge is -2.10. The number of fused-ring (bicyclic) bond motifs is 4. The van der Waals surface area contributed by atoms with Gasteiger partial charge in [0.15, 0.2) is 6.29 Å². The third-order valence-electron chi connectivity index (χ3n) is 3.98. The van der Waals surface area contributed by atoms with E-state index in [2.05, 4.69) is 15.2 Å². The van der Waals surface area contributed by atoms with Crippen LogP contribution >= 0.6 is 0 Å². The first-order valence-corrected chi connectivity index (χ1v) is 7.44. The quantitative estimate of drug-likeness (QED) is 0.398. The summed E-state index contributed by atoms with van der Waals surface area (Å²) in [5.74, 6) is 0. The van der Waals surface area contributed by atoms with Gasteiger partial charge in [-0.2, -0.15) is 0 Å². The Hall–Kier alpha value is -2.70. The first-order chi connectivity index (χ1) is 11.4. The lowest BCUT2D eigenvalue weighted by atomic mass is 10.1. The molecule has 1 aliphatic rings. The van der Waals surface area contributed by atoms with Crippen molar-refractivity contribution in [1.29, 1.82) is 0 Å². The van der Waals surface area contributed by atoms with E-state index in [9.17, 15) is 0 Å². The molecule has 2 aromatic heterocycles. The summed E-state index contributed by atoms with van der Waals surface area (Å²) in [6.45, 7) is 1.23. The fourth-order valence-electron chi connectivity index (χ4n) is 2.87. The van der Waals surface area contributed by atoms with Gasteiger partial charge in [-0.25, -0.2) is 9.97 Å². The molecule has 0 radical (unpaired) electrons. The number of benzene rings is 2. The van der Waals surface area contributed by atoms with Crippen LogP contribution in [-0.2, 0) is 9.47 Å². The molecule has 0 aliphatic carbocycles. The molecule has 1 aliphatic heterocycles. The summed E-state index contributed by atoms with van der Waals surface area (Å²) < 4.78 is 11.1. The minimum absolute atomic E-state index is 0.316. The minimum atomic E-state index is -0.316. The number of hydrogen-bond acceptors (Lipinski definition) is 6. The van der Waals surface area contributed by atoms with Crippen molar-refractivity contribution in [3.05, 3.63) is 48.0 Å². The van der Waals surface area contributed by atoms with Gasteiger partial charge in [0.1, 0.15) is 5.52 Å². The topological polar surface area (TPSA) is 70.0 Å². The lowest BCUT2D eigenvalue weighted by Crippen LogP contribution is -1.99. The van der Waals surface area contributed by atoms with Crippen molar-refractivity contribution in [2.24, 2.45) is 0 Å². The van der Waals surface area contributed by atoms with Crippen LogP contribution in [0, 0.1) is 0 Å². The molecule has 6 heteroatoms. The third kappa shape index (κ3) is 2.03. The van der Waals surface area contributed by atoms with Crippen molar-refractivity contribution >= 4 is 33.1 Å². The minimum Gasteiger partial charge on any atom is -0.346 e. The summed E-state index contributed by atoms with van der Waals surface area (Å²) in [4.78, 5) is 9.34. The van der Waals surface area contributed by atoms with Crippen molar-refractivity contribution in [2.45, 2.75) is 6.29 Å². The molecule has 0 atom stereocenters. The molecule has 112 valence electrons. The largest absolute Gasteiger partial charge is 0.346 e. The molecule has 0 bridgehead atoms. The van der Waals surface area contributed by atoms with Gasteiger partial charge in [-0.15, -0.1) is 10.2 Å². The lowest BCUT2D eigenvalue weighted by molar-refractivity contribution is -0.0440. The molecule has 6 nitrogen and oxygen atoms in total. The van der Waals surface area contributed by atoms with Gasteiger partial charge in [0.25, 0.3) is 0 Å². The van der Waals surface area contributed by atoms with Crippen LogP contribution in [0.1, 0.15) is 11.9 Å². The number of aromatic nitrogens is 4. The number of nitrogens with zero attached hydrogens (tertiary/aromatic N) is 4. The molecule has 0 spiro atoms. The molecule has 0 N–H and O–H groups in total. The van der Waals surface area contributed by atoms with Crippen molar-refractivity contribution in [3.8, 4) is 0 Å². The van der Waals surface area contributed by atoms with Crippen molar-refractivity contribution in [2.75, 3.05) is 13.2 Å². The second kappa shape index (κ2) is 4.91. The van der Waals surface area contributed by atoms with Gasteiger partial charge in [0, 0.05) is 10.9 Å². The summed E-state index contributed by atoms with van der Waals surface area (Å²) in [5.41, 5.74) is 4.66. The molecular formula is C17H12N4O2. The van der Waals surface area contributed by atoms with Crippen LogP contribution in [0.5, 0.6) is 0 Å². The van der Waals surface area contributed by atoms with Crippen LogP contribution in [0.3, 0.4) is 0 Å². The van der Waals surface area contributed by atoms with E-state index in [0.717, 1.165) is 33.0 Å². The summed E-state index contributed by atoms with van der Waals surface area (Å²) in [6.07, 6.45) is -0.316. The van der Waals surface area contributed by atoms with E-state index in [-0.39, 0.29) is 6.29 Å². The van der Waals surface area contributed by atoms with E-state index < -0.39 is 0 Å². The van der Waals surface area contributed by atoms with Crippen LogP contribution < -0.4 is 0 Å². The Morgan fingerprint density at radius 3 is 2.61 bits per heavy atom. The van der Waals surface area contributed by atoms with Crippen LogP contribution in [0.15, 0.2) is 42.5 Å². The van der Waals surface area contributed by atoms with E-state index in [4.69, 9.17) is 14.5 Å². The SMILES string of the molecule is c1ccc2c(c1)nnc1nc3ccc(C4OCCO4)cc3nc12. The fourth-order valence-corrected chi connectivity index (χ4v) is 2.87. The highest BCUT2D eigenvalue weighted by molar-refractivity contribution is 6.02. The van der Waals surface area contributed by atoms with E-state index in [0.29, 0.717) is 18.9 Å². The Balaban J connectivity index is 1.78. The maximum absolute atomic E-state index is 5.55. The Morgan fingerprint density at radius 1 is 0.826 bits per heavy atom. The van der Waals surface area contributed by atoms with Gasteiger partial charge >= 0.3 is 0 Å². The van der Waals surface area contributed by atoms with Crippen molar-refractivity contribution < 1.29 is 9.47 Å². The number of hydrogen-bond donors (Lipinski definition) is 0. The molecule has 5 rings (SSSR count). The summed E-state index contributed by atoms with van der Waals surface area (Å²) in [6, 6.07) is 13.6. The highest BCUT2D eigenvalue weighted by atomic mass is 16.7.